The Hall–Kier alpha value is -9.20. The number of carbonyl (C=O) groups excluding carboxylic acids is 7. The van der Waals surface area contributed by atoms with Gasteiger partial charge < -0.3 is 128 Å². The van der Waals surface area contributed by atoms with Gasteiger partial charge in [-0.1, -0.05) is 55.1 Å². The highest BCUT2D eigenvalue weighted by Crippen LogP contribution is 2.50. The number of amides is 7. The first-order chi connectivity index (χ1) is 52.4. The number of carboxylic acid groups (broad SMARTS) is 1. The lowest BCUT2D eigenvalue weighted by molar-refractivity contribution is -0.333. The maximum Gasteiger partial charge on any atom is 0.330 e. The molecule has 18 atom stereocenters. The number of halogens is 2. The van der Waals surface area contributed by atoms with E-state index in [2.05, 4.69) is 21.3 Å². The number of ether oxygens (including phenoxy) is 6. The standard InChI is InChI=1S/C66H75Cl2N9O24/c1-23(2)12-34(71-5)58(88)76-49-51(83)26-7-10-38(32(67)14-26)97-40-16-28-17-41(55(40)101-65-56(54(86)53(85)42(22-78)99-65)100-44-21-66(4,70)57(87)24(3)96-44)98-39-11-8-27(15-33(39)68)52(84)50-63(93)75-48(64(94)95)31-18-29(79)19-37(81)45(31)30-13-25(6-9-36(30)80)46(60(90)77-50)74-61(91)47(28)73-59(89)35(20-43(69)82)72-62(49)92/h6-11,13-19,23-24,34-35,42,44,46-54,56-57,65,71,78-81,83-87H,12,20-22,70H2,1-5H3,(H2,69,82)(H,72,92)(H,73,89)(H,74,91)(H,75,93)(H,76,88)(H,77,90)(H,94,95)/t24?,34-,35+,42?,44?,46-,47-,48-,49-,50+,51-,52-,53?,54?,56?,57?,65?,66?/m1/s1/i1D3,2D3,5D2,12D2,23D,34D. The van der Waals surface area contributed by atoms with Gasteiger partial charge in [0.1, 0.15) is 89.5 Å². The molecule has 0 radical (unpaired) electrons. The Morgan fingerprint density at radius 3 is 1.98 bits per heavy atom. The number of phenolic OH excluding ortho intramolecular Hbond substituents is 3. The molecule has 0 aromatic heterocycles. The van der Waals surface area contributed by atoms with Gasteiger partial charge in [-0.15, -0.1) is 0 Å². The third-order valence-electron chi connectivity index (χ3n) is 17.0. The first-order valence-electron chi connectivity index (χ1n) is 36.5. The van der Waals surface area contributed by atoms with Crippen molar-refractivity contribution in [3.05, 3.63) is 117 Å². The van der Waals surface area contributed by atoms with Crippen LogP contribution in [0.15, 0.2) is 78.9 Å². The molecule has 5 aromatic rings. The summed E-state index contributed by atoms with van der Waals surface area (Å²) in [6, 6.07) is -7.84. The number of aliphatic carboxylic acids is 1. The van der Waals surface area contributed by atoms with E-state index in [1.807, 2.05) is 5.32 Å². The van der Waals surface area contributed by atoms with Crippen LogP contribution >= 0.6 is 23.2 Å². The maximum absolute atomic E-state index is 16.1. The normalized spacial score (nSPS) is 32.0. The lowest BCUT2D eigenvalue weighted by Crippen LogP contribution is -2.64. The molecule has 0 saturated carbocycles. The van der Waals surface area contributed by atoms with Crippen molar-refractivity contribution in [1.82, 2.24) is 37.2 Å². The molecular weight excluding hydrogens is 1370 g/mol. The summed E-state index contributed by atoms with van der Waals surface area (Å²) < 4.78 is 138. The van der Waals surface area contributed by atoms with Crippen molar-refractivity contribution in [3.8, 4) is 57.1 Å². The fourth-order valence-electron chi connectivity index (χ4n) is 11.9. The second-order valence-electron chi connectivity index (χ2n) is 24.2. The third-order valence-corrected chi connectivity index (χ3v) is 17.6. The Balaban J connectivity index is 1.24. The number of nitrogens with one attached hydrogen (secondary N) is 7. The number of likely N-dealkylation sites (N-methyl/N-ethyl adjacent to an activating group) is 1. The molecule has 5 aromatic carbocycles. The van der Waals surface area contributed by atoms with Gasteiger partial charge in [0, 0.05) is 49.8 Å². The van der Waals surface area contributed by atoms with Crippen molar-refractivity contribution in [1.29, 1.82) is 0 Å². The number of hydrogen-bond acceptors (Lipinski definition) is 25. The zero-order valence-electron chi connectivity index (χ0n) is 64.5. The van der Waals surface area contributed by atoms with Crippen molar-refractivity contribution in [2.75, 3.05) is 13.6 Å². The van der Waals surface area contributed by atoms with Gasteiger partial charge in [-0.25, -0.2) is 4.79 Å². The Labute approximate surface area is 601 Å². The van der Waals surface area contributed by atoms with E-state index < -0.39 is 292 Å². The predicted molar refractivity (Wildman–Crippen MR) is 349 cm³/mol. The number of aromatic hydroxyl groups is 3. The van der Waals surface area contributed by atoms with E-state index in [4.69, 9.17) is 78.2 Å². The van der Waals surface area contributed by atoms with Crippen LogP contribution in [0.5, 0.6) is 46.0 Å². The lowest BCUT2D eigenvalue weighted by Gasteiger charge is -2.47. The van der Waals surface area contributed by atoms with Crippen LogP contribution in [0.1, 0.15) is 121 Å². The van der Waals surface area contributed by atoms with E-state index in [9.17, 15) is 71.6 Å². The third kappa shape index (κ3) is 15.8. The molecule has 33 nitrogen and oxygen atoms in total. The van der Waals surface area contributed by atoms with Gasteiger partial charge in [0.2, 0.25) is 53.4 Å². The van der Waals surface area contributed by atoms with E-state index >= 15 is 19.2 Å². The fourth-order valence-corrected chi connectivity index (χ4v) is 12.4. The maximum atomic E-state index is 16.1. The Kier molecular flexibility index (Phi) is 17.8. The number of nitrogens with two attached hydrogens (primary N) is 2. The van der Waals surface area contributed by atoms with Crippen LogP contribution in [0.2, 0.25) is 10.0 Å². The first kappa shape index (κ1) is 59.5. The number of benzene rings is 5. The predicted octanol–water partition coefficient (Wildman–Crippen LogP) is 0.106. The van der Waals surface area contributed by atoms with Crippen LogP contribution < -0.4 is 62.9 Å². The minimum absolute atomic E-state index is 0.332. The number of aliphatic hydroxyl groups is 6. The molecule has 9 unspecified atom stereocenters. The molecule has 101 heavy (non-hydrogen) atoms. The SMILES string of the molecule is [2H]C([2H])N[C@@]([2H])(C(=O)N[C@H]1C(=O)N[C@@H](CC(N)=O)C(=O)N[C@H]2C(=O)N[C@H]3C(=O)N[C@H](C(=O)N[C@@H](C(=O)O)c4cc(O)cc(O)c4-c4cc3ccc4O)[C@H](O)c3ccc(c(Cl)c3)Oc3cc2cc(c3OC2OC(CO)C(O)C(O)C2OC2CC(C)(N)C(O)C(C)O2)Oc2ccc(cc2Cl)[C@H]1O)C([2H])([2H])C([2H])(C([2H])([2H])[2H])C([2H])([2H])[2H]. The highest BCUT2D eigenvalue weighted by atomic mass is 35.5. The number of primary amides is 1. The number of carboxylic acids is 1. The highest BCUT2D eigenvalue weighted by molar-refractivity contribution is 6.32. The minimum Gasteiger partial charge on any atom is -0.508 e. The van der Waals surface area contributed by atoms with Crippen molar-refractivity contribution >= 4 is 70.5 Å². The molecule has 7 amide bonds. The number of phenols is 3. The largest absolute Gasteiger partial charge is 0.508 e. The smallest absolute Gasteiger partial charge is 0.330 e. The van der Waals surface area contributed by atoms with Crippen LogP contribution in [0, 0.1) is 5.89 Å². The van der Waals surface area contributed by atoms with Crippen LogP contribution in [-0.4, -0.2) is 191 Å². The summed E-state index contributed by atoms with van der Waals surface area (Å²) in [5.41, 5.74) is 6.71. The molecule has 35 heteroatoms. The lowest BCUT2D eigenvalue weighted by atomic mass is 9.86. The van der Waals surface area contributed by atoms with Gasteiger partial charge in [-0.05, 0) is 110 Å². The number of rotatable bonds is 13. The van der Waals surface area contributed by atoms with Gasteiger partial charge >= 0.3 is 5.97 Å². The molecule has 0 spiro atoms. The number of carbonyl (C=O) groups is 8. The number of aliphatic hydroxyl groups excluding tert-OH is 6. The average Bonchev–Trinajstić information content (AvgIpc) is 0.700. The van der Waals surface area contributed by atoms with E-state index in [-0.39, 0.29) is 12.0 Å². The Morgan fingerprint density at radius 1 is 0.752 bits per heavy atom. The highest BCUT2D eigenvalue weighted by Gasteiger charge is 2.51. The number of hydrogen-bond donors (Lipinski definition) is 19. The van der Waals surface area contributed by atoms with Crippen molar-refractivity contribution < 1.29 is 134 Å². The van der Waals surface area contributed by atoms with E-state index in [1.165, 1.54) is 19.2 Å². The molecule has 2 saturated heterocycles. The summed E-state index contributed by atoms with van der Waals surface area (Å²) in [6.45, 7) is -9.62. The fraction of sp³-hybridized carbons (Fsp3) is 0.424. The second-order valence-corrected chi connectivity index (χ2v) is 25.0. The van der Waals surface area contributed by atoms with Crippen LogP contribution in [0.25, 0.3) is 11.1 Å². The molecule has 7 heterocycles. The van der Waals surface area contributed by atoms with E-state index in [0.29, 0.717) is 6.07 Å². The molecule has 542 valence electrons. The van der Waals surface area contributed by atoms with Crippen molar-refractivity contribution in [2.45, 2.75) is 156 Å². The molecule has 7 aliphatic rings. The first-order valence-corrected chi connectivity index (χ1v) is 31.1. The van der Waals surface area contributed by atoms with Crippen LogP contribution in [0.3, 0.4) is 0 Å². The molecule has 7 aliphatic heterocycles. The quantitative estimate of drug-likeness (QED) is 0.0743. The van der Waals surface area contributed by atoms with Crippen molar-refractivity contribution in [2.24, 2.45) is 17.4 Å². The summed E-state index contributed by atoms with van der Waals surface area (Å²) in [5.74, 6) is -24.8. The zero-order chi connectivity index (χ0) is 83.8. The summed E-state index contributed by atoms with van der Waals surface area (Å²) in [6.07, 6.45) is -25.4. The van der Waals surface area contributed by atoms with Crippen LogP contribution in [0.4, 0.5) is 0 Å². The molecular formula is C66H75Cl2N9O24. The van der Waals surface area contributed by atoms with Crippen molar-refractivity contribution in [3.63, 3.8) is 0 Å². The van der Waals surface area contributed by atoms with E-state index in [1.54, 1.807) is 5.32 Å². The molecule has 11 bridgehead atoms. The summed E-state index contributed by atoms with van der Waals surface area (Å²) in [7, 11) is 0. The van der Waals surface area contributed by atoms with Crippen LogP contribution in [-0.2, 0) is 52.6 Å². The molecule has 21 N–H and O–H groups in total. The van der Waals surface area contributed by atoms with Gasteiger partial charge in [-0.3, -0.25) is 33.6 Å². The number of fused-ring (bicyclic) bond motifs is 15. The van der Waals surface area contributed by atoms with Gasteiger partial charge in [0.25, 0.3) is 0 Å². The van der Waals surface area contributed by atoms with Gasteiger partial charge in [-0.2, -0.15) is 0 Å². The molecule has 12 rings (SSSR count). The Morgan fingerprint density at radius 2 is 1.38 bits per heavy atom. The molecule has 0 aliphatic carbocycles. The summed E-state index contributed by atoms with van der Waals surface area (Å²) in [5, 5.41) is 128. The average molecular weight is 1460 g/mol. The summed E-state index contributed by atoms with van der Waals surface area (Å²) >= 11 is 14.0. The minimum atomic E-state index is -4.64. The van der Waals surface area contributed by atoms with Gasteiger partial charge in [0.05, 0.1) is 42.7 Å². The van der Waals surface area contributed by atoms with Gasteiger partial charge in [0.15, 0.2) is 29.9 Å². The second kappa shape index (κ2) is 30.2. The Bertz CT molecular complexity index is 4590. The monoisotopic (exact) mass is 1460 g/mol. The molecule has 2 fully saturated rings. The van der Waals surface area contributed by atoms with E-state index in [0.717, 1.165) is 72.8 Å². The zero-order valence-corrected chi connectivity index (χ0v) is 54.1. The summed E-state index contributed by atoms with van der Waals surface area (Å²) in [4.78, 5) is 119. The topological polar surface area (TPSA) is 530 Å².